The minimum Gasteiger partial charge on any atom is -0.327 e. The van der Waals surface area contributed by atoms with Crippen molar-refractivity contribution >= 4 is 0 Å². The van der Waals surface area contributed by atoms with E-state index in [1.807, 2.05) is 12.3 Å². The maximum Gasteiger partial charge on any atom is 0.0482 e. The van der Waals surface area contributed by atoms with Crippen molar-refractivity contribution in [3.8, 4) is 0 Å². The van der Waals surface area contributed by atoms with Gasteiger partial charge in [0.1, 0.15) is 0 Å². The molecule has 1 saturated carbocycles. The molecule has 0 radical (unpaired) electrons. The molecule has 0 aromatic carbocycles. The second kappa shape index (κ2) is 4.77. The van der Waals surface area contributed by atoms with Crippen molar-refractivity contribution in [1.82, 2.24) is 4.98 Å². The maximum atomic E-state index is 6.43. The number of nitrogens with zero attached hydrogens (tertiary/aromatic N) is 1. The minimum atomic E-state index is 0.328. The summed E-state index contributed by atoms with van der Waals surface area (Å²) in [6, 6.07) is 4.59. The standard InChI is InChI=1S/C15H22N2/c16-14(10-11-4-1-2-5-11)13-8-7-12-6-3-9-17-15(12)13/h3,6,9,11,13-14H,1-2,4-5,7-8,10,16H2. The van der Waals surface area contributed by atoms with Gasteiger partial charge in [0, 0.05) is 23.9 Å². The first-order chi connectivity index (χ1) is 8.34. The van der Waals surface area contributed by atoms with E-state index in [0.29, 0.717) is 12.0 Å². The third-order valence-electron chi connectivity index (χ3n) is 4.60. The molecule has 2 heteroatoms. The first-order valence-electron chi connectivity index (χ1n) is 7.04. The zero-order chi connectivity index (χ0) is 11.7. The molecule has 0 spiro atoms. The summed E-state index contributed by atoms with van der Waals surface area (Å²) in [4.78, 5) is 4.56. The highest BCUT2D eigenvalue weighted by Crippen LogP contribution is 2.37. The molecule has 2 nitrogen and oxygen atoms in total. The van der Waals surface area contributed by atoms with E-state index in [1.54, 1.807) is 0 Å². The van der Waals surface area contributed by atoms with Crippen LogP contribution in [0.15, 0.2) is 18.3 Å². The largest absolute Gasteiger partial charge is 0.327 e. The summed E-state index contributed by atoms with van der Waals surface area (Å²) in [6.45, 7) is 0. The molecule has 2 aliphatic carbocycles. The second-order valence-electron chi connectivity index (χ2n) is 5.74. The summed E-state index contributed by atoms with van der Waals surface area (Å²) >= 11 is 0. The van der Waals surface area contributed by atoms with Crippen LogP contribution in [0.3, 0.4) is 0 Å². The molecule has 1 fully saturated rings. The van der Waals surface area contributed by atoms with Crippen LogP contribution in [0.5, 0.6) is 0 Å². The summed E-state index contributed by atoms with van der Waals surface area (Å²) in [5.41, 5.74) is 9.15. The lowest BCUT2D eigenvalue weighted by Gasteiger charge is -2.22. The summed E-state index contributed by atoms with van der Waals surface area (Å²) in [5, 5.41) is 0. The Hall–Kier alpha value is -0.890. The topological polar surface area (TPSA) is 38.9 Å². The Bertz CT molecular complexity index is 382. The minimum absolute atomic E-state index is 0.328. The van der Waals surface area contributed by atoms with E-state index in [0.717, 1.165) is 5.92 Å². The Labute approximate surface area is 104 Å². The van der Waals surface area contributed by atoms with Gasteiger partial charge in [0.05, 0.1) is 0 Å². The molecule has 2 aliphatic rings. The zero-order valence-corrected chi connectivity index (χ0v) is 10.4. The quantitative estimate of drug-likeness (QED) is 0.867. The van der Waals surface area contributed by atoms with Crippen molar-refractivity contribution in [3.63, 3.8) is 0 Å². The number of fused-ring (bicyclic) bond motifs is 1. The molecular weight excluding hydrogens is 208 g/mol. The average Bonchev–Trinajstić information content (AvgIpc) is 2.96. The SMILES string of the molecule is NC(CC1CCCC1)C1CCc2cccnc21. The van der Waals surface area contributed by atoms with Crippen LogP contribution < -0.4 is 5.73 Å². The molecule has 1 aromatic rings. The van der Waals surface area contributed by atoms with Gasteiger partial charge in [0.15, 0.2) is 0 Å². The van der Waals surface area contributed by atoms with E-state index in [-0.39, 0.29) is 0 Å². The van der Waals surface area contributed by atoms with Crippen LogP contribution in [0.4, 0.5) is 0 Å². The van der Waals surface area contributed by atoms with Gasteiger partial charge < -0.3 is 5.73 Å². The lowest BCUT2D eigenvalue weighted by Crippen LogP contribution is -2.29. The number of hydrogen-bond acceptors (Lipinski definition) is 2. The lowest BCUT2D eigenvalue weighted by atomic mass is 9.88. The van der Waals surface area contributed by atoms with E-state index in [1.165, 1.54) is 56.2 Å². The fourth-order valence-electron chi connectivity index (χ4n) is 3.66. The molecule has 1 aromatic heterocycles. The molecule has 0 bridgehead atoms. The van der Waals surface area contributed by atoms with Gasteiger partial charge in [-0.3, -0.25) is 4.98 Å². The van der Waals surface area contributed by atoms with Crippen LogP contribution in [0.1, 0.15) is 55.7 Å². The molecular formula is C15H22N2. The number of rotatable bonds is 3. The molecule has 3 rings (SSSR count). The van der Waals surface area contributed by atoms with Gasteiger partial charge in [0.2, 0.25) is 0 Å². The van der Waals surface area contributed by atoms with Crippen LogP contribution in [0, 0.1) is 5.92 Å². The summed E-state index contributed by atoms with van der Waals surface area (Å²) in [6.07, 6.45) is 11.1. The molecule has 1 heterocycles. The van der Waals surface area contributed by atoms with E-state index in [9.17, 15) is 0 Å². The van der Waals surface area contributed by atoms with E-state index >= 15 is 0 Å². The molecule has 0 saturated heterocycles. The fourth-order valence-corrected chi connectivity index (χ4v) is 3.66. The van der Waals surface area contributed by atoms with Crippen LogP contribution in [0.25, 0.3) is 0 Å². The second-order valence-corrected chi connectivity index (χ2v) is 5.74. The van der Waals surface area contributed by atoms with Crippen molar-refractivity contribution in [2.24, 2.45) is 11.7 Å². The third kappa shape index (κ3) is 2.23. The Kier molecular flexibility index (Phi) is 3.15. The Morgan fingerprint density at radius 2 is 2.12 bits per heavy atom. The van der Waals surface area contributed by atoms with Crippen molar-refractivity contribution in [2.45, 2.75) is 56.9 Å². The van der Waals surface area contributed by atoms with E-state index < -0.39 is 0 Å². The number of aromatic nitrogens is 1. The van der Waals surface area contributed by atoms with Crippen LogP contribution in [-0.2, 0) is 6.42 Å². The van der Waals surface area contributed by atoms with Crippen LogP contribution >= 0.6 is 0 Å². The van der Waals surface area contributed by atoms with Gasteiger partial charge in [-0.05, 0) is 36.8 Å². The molecule has 2 unspecified atom stereocenters. The van der Waals surface area contributed by atoms with Gasteiger partial charge in [-0.2, -0.15) is 0 Å². The number of aryl methyl sites for hydroxylation is 1. The monoisotopic (exact) mass is 230 g/mol. The lowest BCUT2D eigenvalue weighted by molar-refractivity contribution is 0.394. The molecule has 0 aliphatic heterocycles. The third-order valence-corrected chi connectivity index (χ3v) is 4.60. The molecule has 92 valence electrons. The number of pyridine rings is 1. The fraction of sp³-hybridized carbons (Fsp3) is 0.667. The van der Waals surface area contributed by atoms with Crippen molar-refractivity contribution in [3.05, 3.63) is 29.6 Å². The average molecular weight is 230 g/mol. The number of nitrogens with two attached hydrogens (primary N) is 1. The van der Waals surface area contributed by atoms with Gasteiger partial charge in [0.25, 0.3) is 0 Å². The predicted octanol–water partition coefficient (Wildman–Crippen LogP) is 3.02. The first kappa shape index (κ1) is 11.2. The zero-order valence-electron chi connectivity index (χ0n) is 10.4. The van der Waals surface area contributed by atoms with Gasteiger partial charge in [-0.1, -0.05) is 31.7 Å². The highest BCUT2D eigenvalue weighted by Gasteiger charge is 2.30. The smallest absolute Gasteiger partial charge is 0.0482 e. The Morgan fingerprint density at radius 3 is 2.94 bits per heavy atom. The first-order valence-corrected chi connectivity index (χ1v) is 7.04. The summed E-state index contributed by atoms with van der Waals surface area (Å²) in [7, 11) is 0. The van der Waals surface area contributed by atoms with Crippen molar-refractivity contribution in [2.75, 3.05) is 0 Å². The highest BCUT2D eigenvalue weighted by atomic mass is 14.8. The highest BCUT2D eigenvalue weighted by molar-refractivity contribution is 5.29. The van der Waals surface area contributed by atoms with Gasteiger partial charge >= 0.3 is 0 Å². The molecule has 2 N–H and O–H groups in total. The molecule has 0 amide bonds. The molecule has 17 heavy (non-hydrogen) atoms. The summed E-state index contributed by atoms with van der Waals surface area (Å²) < 4.78 is 0. The Balaban J connectivity index is 1.68. The maximum absolute atomic E-state index is 6.43. The summed E-state index contributed by atoms with van der Waals surface area (Å²) in [5.74, 6) is 1.41. The number of hydrogen-bond donors (Lipinski definition) is 1. The van der Waals surface area contributed by atoms with Gasteiger partial charge in [-0.25, -0.2) is 0 Å². The normalized spacial score (nSPS) is 26.1. The van der Waals surface area contributed by atoms with E-state index in [2.05, 4.69) is 11.1 Å². The Morgan fingerprint density at radius 1 is 1.29 bits per heavy atom. The van der Waals surface area contributed by atoms with E-state index in [4.69, 9.17) is 5.73 Å². The van der Waals surface area contributed by atoms with Crippen molar-refractivity contribution < 1.29 is 0 Å². The van der Waals surface area contributed by atoms with Crippen molar-refractivity contribution in [1.29, 1.82) is 0 Å². The molecule has 2 atom stereocenters. The predicted molar refractivity (Wildman–Crippen MR) is 69.8 cm³/mol. The van der Waals surface area contributed by atoms with Crippen LogP contribution in [0.2, 0.25) is 0 Å². The van der Waals surface area contributed by atoms with Gasteiger partial charge in [-0.15, -0.1) is 0 Å². The van der Waals surface area contributed by atoms with Crippen LogP contribution in [-0.4, -0.2) is 11.0 Å².